The van der Waals surface area contributed by atoms with Crippen molar-refractivity contribution in [2.24, 2.45) is 0 Å². The Balaban J connectivity index is 2.55. The number of carboxylic acid groups (broad SMARTS) is 1. The van der Waals surface area contributed by atoms with E-state index in [1.807, 2.05) is 0 Å². The smallest absolute Gasteiger partial charge is 0.314 e. The van der Waals surface area contributed by atoms with Gasteiger partial charge >= 0.3 is 5.97 Å². The molecule has 0 aromatic heterocycles. The average Bonchev–Trinajstić information content (AvgIpc) is 2.11. The van der Waals surface area contributed by atoms with Crippen LogP contribution in [0.2, 0.25) is 0 Å². The van der Waals surface area contributed by atoms with Gasteiger partial charge in [-0.15, -0.1) is 0 Å². The van der Waals surface area contributed by atoms with Crippen LogP contribution < -0.4 is 0 Å². The van der Waals surface area contributed by atoms with E-state index in [4.69, 9.17) is 0 Å². The molecular formula is C12H12BrFO2. The fourth-order valence-electron chi connectivity index (χ4n) is 2.29. The summed E-state index contributed by atoms with van der Waals surface area (Å²) in [4.78, 5) is 11.3. The van der Waals surface area contributed by atoms with Crippen molar-refractivity contribution in [2.75, 3.05) is 0 Å². The largest absolute Gasteiger partial charge is 0.481 e. The van der Waals surface area contributed by atoms with Crippen LogP contribution >= 0.6 is 15.9 Å². The van der Waals surface area contributed by atoms with Crippen LogP contribution in [0.4, 0.5) is 4.39 Å². The zero-order chi connectivity index (χ0) is 11.9. The van der Waals surface area contributed by atoms with Gasteiger partial charge in [-0.3, -0.25) is 4.79 Å². The third-order valence-corrected chi connectivity index (χ3v) is 4.01. The van der Waals surface area contributed by atoms with Crippen LogP contribution in [0.15, 0.2) is 16.6 Å². The molecule has 4 heteroatoms. The highest BCUT2D eigenvalue weighted by Gasteiger charge is 2.46. The number of carbonyl (C=O) groups is 1. The number of aliphatic carboxylic acids is 1. The quantitative estimate of drug-likeness (QED) is 0.905. The second-order valence-electron chi connectivity index (χ2n) is 4.32. The van der Waals surface area contributed by atoms with E-state index in [9.17, 15) is 14.3 Å². The lowest BCUT2D eigenvalue weighted by Gasteiger charge is -2.39. The summed E-state index contributed by atoms with van der Waals surface area (Å²) in [5, 5.41) is 9.31. The summed E-state index contributed by atoms with van der Waals surface area (Å²) in [6, 6.07) is 3.00. The van der Waals surface area contributed by atoms with Crippen molar-refractivity contribution in [3.63, 3.8) is 0 Å². The number of halogens is 2. The van der Waals surface area contributed by atoms with Gasteiger partial charge in [0.05, 0.1) is 9.89 Å². The van der Waals surface area contributed by atoms with Crippen molar-refractivity contribution in [2.45, 2.75) is 31.6 Å². The molecule has 0 amide bonds. The van der Waals surface area contributed by atoms with Crippen molar-refractivity contribution in [1.29, 1.82) is 0 Å². The Morgan fingerprint density at radius 2 is 2.12 bits per heavy atom. The van der Waals surface area contributed by atoms with Crippen LogP contribution in [-0.4, -0.2) is 11.1 Å². The second-order valence-corrected chi connectivity index (χ2v) is 5.18. The second kappa shape index (κ2) is 3.84. The first kappa shape index (κ1) is 11.6. The molecule has 0 saturated heterocycles. The molecule has 1 aliphatic rings. The predicted octanol–water partition coefficient (Wildman–Crippen LogP) is 3.40. The Bertz CT molecular complexity index is 453. The maximum Gasteiger partial charge on any atom is 0.314 e. The number of hydrogen-bond donors (Lipinski definition) is 1. The molecule has 1 saturated carbocycles. The zero-order valence-corrected chi connectivity index (χ0v) is 10.5. The number of rotatable bonds is 2. The molecule has 1 aliphatic carbocycles. The minimum absolute atomic E-state index is 0.334. The molecule has 0 unspecified atom stereocenters. The first-order valence-corrected chi connectivity index (χ1v) is 5.96. The molecule has 0 heterocycles. The van der Waals surface area contributed by atoms with Gasteiger partial charge in [0.1, 0.15) is 5.82 Å². The highest BCUT2D eigenvalue weighted by molar-refractivity contribution is 9.10. The third kappa shape index (κ3) is 1.56. The normalized spacial score (nSPS) is 17.9. The zero-order valence-electron chi connectivity index (χ0n) is 8.89. The molecule has 0 aliphatic heterocycles. The Morgan fingerprint density at radius 1 is 1.50 bits per heavy atom. The SMILES string of the molecule is Cc1cc(F)c(Br)cc1C1(C(=O)O)CCC1. The standard InChI is InChI=1S/C12H12BrFO2/c1-7-5-10(14)9(13)6-8(7)12(11(15)16)3-2-4-12/h5-6H,2-4H2,1H3,(H,15,16). The highest BCUT2D eigenvalue weighted by Crippen LogP contribution is 2.46. The fourth-order valence-corrected chi connectivity index (χ4v) is 2.63. The van der Waals surface area contributed by atoms with Gasteiger partial charge < -0.3 is 5.11 Å². The summed E-state index contributed by atoms with van der Waals surface area (Å²) in [6.45, 7) is 1.76. The van der Waals surface area contributed by atoms with Crippen molar-refractivity contribution < 1.29 is 14.3 Å². The molecular weight excluding hydrogens is 275 g/mol. The Morgan fingerprint density at radius 3 is 2.56 bits per heavy atom. The molecule has 1 fully saturated rings. The van der Waals surface area contributed by atoms with Gasteiger partial charge in [-0.05, 0) is 59.0 Å². The van der Waals surface area contributed by atoms with Gasteiger partial charge in [0, 0.05) is 0 Å². The molecule has 1 N–H and O–H groups in total. The molecule has 1 aromatic rings. The van der Waals surface area contributed by atoms with Crippen LogP contribution in [0.1, 0.15) is 30.4 Å². The van der Waals surface area contributed by atoms with Crippen molar-refractivity contribution >= 4 is 21.9 Å². The topological polar surface area (TPSA) is 37.3 Å². The van der Waals surface area contributed by atoms with Gasteiger partial charge in [-0.25, -0.2) is 4.39 Å². The van der Waals surface area contributed by atoms with Gasteiger partial charge in [-0.2, -0.15) is 0 Å². The Kier molecular flexibility index (Phi) is 2.78. The average molecular weight is 287 g/mol. The van der Waals surface area contributed by atoms with E-state index >= 15 is 0 Å². The molecule has 16 heavy (non-hydrogen) atoms. The van der Waals surface area contributed by atoms with Crippen LogP contribution in [0, 0.1) is 12.7 Å². The van der Waals surface area contributed by atoms with Gasteiger partial charge in [0.25, 0.3) is 0 Å². The molecule has 2 nitrogen and oxygen atoms in total. The van der Waals surface area contributed by atoms with Crippen LogP contribution in [0.3, 0.4) is 0 Å². The molecule has 0 bridgehead atoms. The van der Waals surface area contributed by atoms with Gasteiger partial charge in [0.2, 0.25) is 0 Å². The number of aryl methyl sites for hydroxylation is 1. The van der Waals surface area contributed by atoms with E-state index in [1.54, 1.807) is 13.0 Å². The molecule has 1 aromatic carbocycles. The van der Waals surface area contributed by atoms with E-state index in [2.05, 4.69) is 15.9 Å². The lowest BCUT2D eigenvalue weighted by molar-refractivity contribution is -0.147. The minimum Gasteiger partial charge on any atom is -0.481 e. The molecule has 0 spiro atoms. The minimum atomic E-state index is -0.805. The highest BCUT2D eigenvalue weighted by atomic mass is 79.9. The number of hydrogen-bond acceptors (Lipinski definition) is 1. The fraction of sp³-hybridized carbons (Fsp3) is 0.417. The molecule has 86 valence electrons. The summed E-state index contributed by atoms with van der Waals surface area (Å²) < 4.78 is 13.6. The monoisotopic (exact) mass is 286 g/mol. The Labute approximate surface area is 102 Å². The summed E-state index contributed by atoms with van der Waals surface area (Å²) in [5.41, 5.74) is 0.655. The number of carboxylic acids is 1. The molecule has 0 atom stereocenters. The first-order valence-electron chi connectivity index (χ1n) is 5.17. The summed E-state index contributed by atoms with van der Waals surface area (Å²) in [7, 11) is 0. The van der Waals surface area contributed by atoms with Crippen LogP contribution in [0.5, 0.6) is 0 Å². The van der Waals surface area contributed by atoms with Crippen molar-refractivity contribution in [3.8, 4) is 0 Å². The van der Waals surface area contributed by atoms with Gasteiger partial charge in [0.15, 0.2) is 0 Å². The van der Waals surface area contributed by atoms with Crippen LogP contribution in [-0.2, 0) is 10.2 Å². The van der Waals surface area contributed by atoms with E-state index in [0.29, 0.717) is 22.9 Å². The lowest BCUT2D eigenvalue weighted by atomic mass is 9.63. The Hall–Kier alpha value is -0.900. The lowest BCUT2D eigenvalue weighted by Crippen LogP contribution is -2.42. The molecule has 2 rings (SSSR count). The van der Waals surface area contributed by atoms with Crippen molar-refractivity contribution in [1.82, 2.24) is 0 Å². The third-order valence-electron chi connectivity index (χ3n) is 3.40. The van der Waals surface area contributed by atoms with E-state index in [-0.39, 0.29) is 5.82 Å². The van der Waals surface area contributed by atoms with Gasteiger partial charge in [-0.1, -0.05) is 6.42 Å². The molecule has 0 radical (unpaired) electrons. The van der Waals surface area contributed by atoms with E-state index < -0.39 is 11.4 Å². The maximum atomic E-state index is 13.3. The summed E-state index contributed by atoms with van der Waals surface area (Å²) >= 11 is 3.11. The summed E-state index contributed by atoms with van der Waals surface area (Å²) in [5.74, 6) is -1.15. The predicted molar refractivity (Wildman–Crippen MR) is 62.0 cm³/mol. The summed E-state index contributed by atoms with van der Waals surface area (Å²) in [6.07, 6.45) is 2.20. The number of benzene rings is 1. The maximum absolute atomic E-state index is 13.3. The van der Waals surface area contributed by atoms with Crippen molar-refractivity contribution in [3.05, 3.63) is 33.5 Å². The first-order chi connectivity index (χ1) is 7.47. The van der Waals surface area contributed by atoms with Crippen LogP contribution in [0.25, 0.3) is 0 Å². The van der Waals surface area contributed by atoms with E-state index in [1.165, 1.54) is 6.07 Å². The van der Waals surface area contributed by atoms with E-state index in [0.717, 1.165) is 12.0 Å².